The number of hydrogen-bond acceptors (Lipinski definition) is 6. The summed E-state index contributed by atoms with van der Waals surface area (Å²) in [7, 11) is -3.02. The van der Waals surface area contributed by atoms with Gasteiger partial charge in [-0.2, -0.15) is 5.10 Å². The predicted molar refractivity (Wildman–Crippen MR) is 80.2 cm³/mol. The molecule has 0 atom stereocenters. The van der Waals surface area contributed by atoms with Gasteiger partial charge in [-0.1, -0.05) is 19.1 Å². The Labute approximate surface area is 118 Å². The van der Waals surface area contributed by atoms with Crippen LogP contribution in [-0.2, 0) is 9.84 Å². The molecule has 3 N–H and O–H groups in total. The molecule has 0 radical (unpaired) electrons. The Kier molecular flexibility index (Phi) is 5.19. The zero-order valence-corrected chi connectivity index (χ0v) is 12.9. The van der Waals surface area contributed by atoms with Crippen LogP contribution in [0.1, 0.15) is 23.7 Å². The fourth-order valence-electron chi connectivity index (χ4n) is 1.50. The fourth-order valence-corrected chi connectivity index (χ4v) is 2.45. The van der Waals surface area contributed by atoms with Crippen LogP contribution in [-0.4, -0.2) is 41.7 Å². The van der Waals surface area contributed by atoms with Crippen molar-refractivity contribution < 1.29 is 8.42 Å². The van der Waals surface area contributed by atoms with E-state index in [4.69, 9.17) is 18.0 Å². The molecule has 106 valence electrons. The lowest BCUT2D eigenvalue weighted by Crippen LogP contribution is -2.22. The number of sulfone groups is 1. The van der Waals surface area contributed by atoms with Crippen molar-refractivity contribution in [3.05, 3.63) is 16.8 Å². The minimum Gasteiger partial charge on any atom is -0.389 e. The van der Waals surface area contributed by atoms with Crippen LogP contribution in [0.2, 0.25) is 0 Å². The topological polar surface area (TPSA) is 98.0 Å². The molecule has 0 saturated carbocycles. The van der Waals surface area contributed by atoms with Crippen LogP contribution >= 0.6 is 12.2 Å². The number of nitrogens with one attached hydrogen (secondary N) is 1. The summed E-state index contributed by atoms with van der Waals surface area (Å²) in [5.41, 5.74) is 7.89. The molecule has 1 rings (SSSR count). The minimum atomic E-state index is -3.02. The number of anilines is 1. The maximum Gasteiger partial charge on any atom is 0.159 e. The highest BCUT2D eigenvalue weighted by molar-refractivity contribution is 7.91. The van der Waals surface area contributed by atoms with Crippen molar-refractivity contribution in [3.63, 3.8) is 0 Å². The van der Waals surface area contributed by atoms with Crippen LogP contribution in [0.15, 0.2) is 0 Å². The van der Waals surface area contributed by atoms with Crippen LogP contribution in [0.4, 0.5) is 5.82 Å². The van der Waals surface area contributed by atoms with Gasteiger partial charge >= 0.3 is 0 Å². The highest BCUT2D eigenvalue weighted by atomic mass is 32.2. The standard InChI is InChI=1S/C11H18N4O2S2/c1-4-19(16,17)6-5-13-11-9(10(12)18)7(2)8(3)14-15-11/h4-6H2,1-3H3,(H2,12,18)(H,13,15). The molecular weight excluding hydrogens is 284 g/mol. The lowest BCUT2D eigenvalue weighted by atomic mass is 10.1. The largest absolute Gasteiger partial charge is 0.389 e. The number of nitrogens with zero attached hydrogens (tertiary/aromatic N) is 2. The molecule has 19 heavy (non-hydrogen) atoms. The van der Waals surface area contributed by atoms with E-state index in [1.54, 1.807) is 6.92 Å². The van der Waals surface area contributed by atoms with E-state index in [1.165, 1.54) is 0 Å². The van der Waals surface area contributed by atoms with Gasteiger partial charge in [-0.25, -0.2) is 8.42 Å². The number of thiocarbonyl (C=S) groups is 1. The summed E-state index contributed by atoms with van der Waals surface area (Å²) in [4.78, 5) is 0.219. The second-order valence-electron chi connectivity index (χ2n) is 4.16. The first-order valence-electron chi connectivity index (χ1n) is 5.86. The van der Waals surface area contributed by atoms with Crippen molar-refractivity contribution in [3.8, 4) is 0 Å². The molecule has 0 unspecified atom stereocenters. The summed E-state index contributed by atoms with van der Waals surface area (Å²) < 4.78 is 22.8. The normalized spacial score (nSPS) is 11.3. The Morgan fingerprint density at radius 2 is 2.00 bits per heavy atom. The van der Waals surface area contributed by atoms with Crippen LogP contribution in [0.25, 0.3) is 0 Å². The van der Waals surface area contributed by atoms with Gasteiger partial charge in [0.25, 0.3) is 0 Å². The van der Waals surface area contributed by atoms with E-state index in [9.17, 15) is 8.42 Å². The van der Waals surface area contributed by atoms with Gasteiger partial charge in [0.15, 0.2) is 15.7 Å². The smallest absolute Gasteiger partial charge is 0.159 e. The molecule has 0 aliphatic heterocycles. The number of nitrogens with two attached hydrogens (primary N) is 1. The molecule has 0 aliphatic rings. The second kappa shape index (κ2) is 6.25. The summed E-state index contributed by atoms with van der Waals surface area (Å²) in [5, 5.41) is 10.9. The van der Waals surface area contributed by atoms with E-state index in [0.717, 1.165) is 11.3 Å². The molecule has 0 aromatic carbocycles. The maximum atomic E-state index is 11.4. The minimum absolute atomic E-state index is 0.0366. The zero-order chi connectivity index (χ0) is 14.6. The highest BCUT2D eigenvalue weighted by Crippen LogP contribution is 2.18. The predicted octanol–water partition coefficient (Wildman–Crippen LogP) is 0.574. The van der Waals surface area contributed by atoms with E-state index < -0.39 is 9.84 Å². The second-order valence-corrected chi connectivity index (χ2v) is 7.07. The molecule has 1 aromatic heterocycles. The van der Waals surface area contributed by atoms with Crippen LogP contribution < -0.4 is 11.1 Å². The van der Waals surface area contributed by atoms with E-state index in [0.29, 0.717) is 11.4 Å². The van der Waals surface area contributed by atoms with Gasteiger partial charge in [0.05, 0.1) is 17.0 Å². The van der Waals surface area contributed by atoms with Gasteiger partial charge in [-0.05, 0) is 19.4 Å². The lowest BCUT2D eigenvalue weighted by molar-refractivity contribution is 0.597. The number of rotatable bonds is 6. The van der Waals surface area contributed by atoms with E-state index in [2.05, 4.69) is 15.5 Å². The van der Waals surface area contributed by atoms with Gasteiger partial charge in [-0.3, -0.25) is 0 Å². The third-order valence-electron chi connectivity index (χ3n) is 2.85. The maximum absolute atomic E-state index is 11.4. The fraction of sp³-hybridized carbons (Fsp3) is 0.545. The summed E-state index contributed by atoms with van der Waals surface area (Å²) >= 11 is 5.00. The summed E-state index contributed by atoms with van der Waals surface area (Å²) in [6.45, 7) is 5.54. The molecule has 8 heteroatoms. The SMILES string of the molecule is CCS(=O)(=O)CCNc1nnc(C)c(C)c1C(N)=S. The summed E-state index contributed by atoms with van der Waals surface area (Å²) in [5.74, 6) is 0.589. The van der Waals surface area contributed by atoms with Crippen LogP contribution in [0.3, 0.4) is 0 Å². The van der Waals surface area contributed by atoms with Crippen molar-refractivity contribution in [1.82, 2.24) is 10.2 Å². The first-order chi connectivity index (χ1) is 8.78. The van der Waals surface area contributed by atoms with Crippen LogP contribution in [0.5, 0.6) is 0 Å². The Balaban J connectivity index is 2.91. The monoisotopic (exact) mass is 302 g/mol. The summed E-state index contributed by atoms with van der Waals surface area (Å²) in [6.07, 6.45) is 0. The molecule has 1 heterocycles. The molecule has 1 aromatic rings. The lowest BCUT2D eigenvalue weighted by Gasteiger charge is -2.13. The molecule has 0 saturated heterocycles. The third kappa shape index (κ3) is 4.10. The summed E-state index contributed by atoms with van der Waals surface area (Å²) in [6, 6.07) is 0. The average molecular weight is 302 g/mol. The van der Waals surface area contributed by atoms with Gasteiger partial charge < -0.3 is 11.1 Å². The Bertz CT molecular complexity index is 585. The first-order valence-corrected chi connectivity index (χ1v) is 8.09. The van der Waals surface area contributed by atoms with Crippen molar-refractivity contribution in [1.29, 1.82) is 0 Å². The Morgan fingerprint density at radius 1 is 1.37 bits per heavy atom. The first kappa shape index (κ1) is 15.8. The molecular formula is C11H18N4O2S2. The Hall–Kier alpha value is -1.28. The van der Waals surface area contributed by atoms with Crippen molar-refractivity contribution >= 4 is 32.9 Å². The molecule has 0 bridgehead atoms. The van der Waals surface area contributed by atoms with Gasteiger partial charge in [0.1, 0.15) is 4.99 Å². The zero-order valence-electron chi connectivity index (χ0n) is 11.2. The van der Waals surface area contributed by atoms with E-state index in [1.807, 2.05) is 13.8 Å². The molecule has 0 spiro atoms. The van der Waals surface area contributed by atoms with E-state index >= 15 is 0 Å². The average Bonchev–Trinajstić information content (AvgIpc) is 2.33. The molecule has 6 nitrogen and oxygen atoms in total. The van der Waals surface area contributed by atoms with Gasteiger partial charge in [-0.15, -0.1) is 5.10 Å². The number of hydrogen-bond donors (Lipinski definition) is 2. The number of aromatic nitrogens is 2. The molecule has 0 fully saturated rings. The van der Waals surface area contributed by atoms with Crippen molar-refractivity contribution in [2.75, 3.05) is 23.4 Å². The van der Waals surface area contributed by atoms with Gasteiger partial charge in [0.2, 0.25) is 0 Å². The van der Waals surface area contributed by atoms with Crippen molar-refractivity contribution in [2.24, 2.45) is 5.73 Å². The number of aryl methyl sites for hydroxylation is 1. The van der Waals surface area contributed by atoms with Gasteiger partial charge in [0, 0.05) is 12.3 Å². The Morgan fingerprint density at radius 3 is 2.53 bits per heavy atom. The highest BCUT2D eigenvalue weighted by Gasteiger charge is 2.14. The molecule has 0 aliphatic carbocycles. The van der Waals surface area contributed by atoms with E-state index in [-0.39, 0.29) is 23.0 Å². The van der Waals surface area contributed by atoms with Crippen molar-refractivity contribution in [2.45, 2.75) is 20.8 Å². The molecule has 0 amide bonds. The quantitative estimate of drug-likeness (QED) is 0.741. The van der Waals surface area contributed by atoms with Crippen LogP contribution in [0, 0.1) is 13.8 Å². The third-order valence-corrected chi connectivity index (χ3v) is 4.76.